The second kappa shape index (κ2) is 23.6. The number of unbranched alkanes of at least 4 members (excludes halogenated alkanes) is 21. The first-order valence-electron chi connectivity index (χ1n) is 16.3. The van der Waals surface area contributed by atoms with Crippen LogP contribution in [0, 0.1) is 0 Å². The maximum Gasteiger partial charge on any atom is 0.256 e. The Hall–Kier alpha value is -0.790. The number of imidazole rings is 1. The van der Waals surface area contributed by atoms with Crippen LogP contribution >= 0.6 is 0 Å². The van der Waals surface area contributed by atoms with Crippen molar-refractivity contribution in [1.29, 1.82) is 0 Å². The van der Waals surface area contributed by atoms with E-state index in [0.717, 1.165) is 0 Å². The lowest BCUT2D eigenvalue weighted by molar-refractivity contribution is -0.704. The third kappa shape index (κ3) is 17.3. The summed E-state index contributed by atoms with van der Waals surface area (Å²) in [5.41, 5.74) is 0. The molecule has 35 heavy (non-hydrogen) atoms. The smallest absolute Gasteiger partial charge is 0.234 e. The van der Waals surface area contributed by atoms with Crippen molar-refractivity contribution in [3.05, 3.63) is 18.2 Å². The first-order chi connectivity index (χ1) is 17.2. The summed E-state index contributed by atoms with van der Waals surface area (Å²) in [5.74, 6) is 1.57. The lowest BCUT2D eigenvalue weighted by atomic mass is 10.0. The zero-order chi connectivity index (χ0) is 25.4. The van der Waals surface area contributed by atoms with E-state index in [1.807, 2.05) is 0 Å². The van der Waals surface area contributed by atoms with Crippen molar-refractivity contribution in [2.45, 2.75) is 194 Å². The Labute approximate surface area is 221 Å². The molecule has 0 bridgehead atoms. The topological polar surface area (TPSA) is 8.81 Å². The van der Waals surface area contributed by atoms with Crippen LogP contribution in [0.25, 0.3) is 0 Å². The van der Waals surface area contributed by atoms with Crippen LogP contribution < -0.4 is 4.57 Å². The van der Waals surface area contributed by atoms with Gasteiger partial charge in [0.25, 0.3) is 5.82 Å². The molecule has 0 spiro atoms. The molecule has 0 fully saturated rings. The van der Waals surface area contributed by atoms with Crippen molar-refractivity contribution < 1.29 is 4.57 Å². The summed E-state index contributed by atoms with van der Waals surface area (Å²) in [6, 6.07) is 0.571. The van der Waals surface area contributed by atoms with Gasteiger partial charge in [-0.25, -0.2) is 9.13 Å². The minimum Gasteiger partial charge on any atom is -0.234 e. The Bertz CT molecular complexity index is 559. The number of aryl methyl sites for hydroxylation is 1. The molecular formula is C33H65N2+. The number of rotatable bonds is 26. The van der Waals surface area contributed by atoms with Crippen LogP contribution in [0.1, 0.15) is 187 Å². The first kappa shape index (κ1) is 32.2. The molecule has 0 atom stereocenters. The summed E-state index contributed by atoms with van der Waals surface area (Å²) in [7, 11) is 0. The summed E-state index contributed by atoms with van der Waals surface area (Å²) in [4.78, 5) is 0. The fourth-order valence-electron chi connectivity index (χ4n) is 5.49. The van der Waals surface area contributed by atoms with E-state index in [1.165, 1.54) is 161 Å². The van der Waals surface area contributed by atoms with Gasteiger partial charge in [-0.2, -0.15) is 0 Å². The number of nitrogens with zero attached hydrogens (tertiary/aromatic N) is 2. The van der Waals surface area contributed by atoms with E-state index in [4.69, 9.17) is 0 Å². The van der Waals surface area contributed by atoms with E-state index in [9.17, 15) is 0 Å². The van der Waals surface area contributed by atoms with E-state index in [0.29, 0.717) is 6.04 Å². The van der Waals surface area contributed by atoms with Gasteiger partial charge in [0.1, 0.15) is 12.4 Å². The molecule has 2 nitrogen and oxygen atoms in total. The monoisotopic (exact) mass is 490 g/mol. The highest BCUT2D eigenvalue weighted by Crippen LogP contribution is 2.15. The molecule has 0 amide bonds. The van der Waals surface area contributed by atoms with Crippen molar-refractivity contribution in [2.75, 3.05) is 0 Å². The van der Waals surface area contributed by atoms with Gasteiger partial charge in [-0.15, -0.1) is 0 Å². The summed E-state index contributed by atoms with van der Waals surface area (Å²) in [6.45, 7) is 10.5. The Kier molecular flexibility index (Phi) is 21.7. The van der Waals surface area contributed by atoms with Gasteiger partial charge in [0.15, 0.2) is 0 Å². The van der Waals surface area contributed by atoms with Crippen molar-refractivity contribution in [2.24, 2.45) is 0 Å². The average Bonchev–Trinajstić information content (AvgIpc) is 3.26. The molecule has 0 aliphatic rings. The van der Waals surface area contributed by atoms with Crippen molar-refractivity contribution in [1.82, 2.24) is 4.57 Å². The Balaban J connectivity index is 2.10. The highest BCUT2D eigenvalue weighted by molar-refractivity contribution is 4.86. The highest BCUT2D eigenvalue weighted by atomic mass is 15.2. The van der Waals surface area contributed by atoms with Crippen molar-refractivity contribution >= 4 is 0 Å². The molecule has 2 heteroatoms. The molecule has 0 aromatic carbocycles. The molecule has 1 aromatic heterocycles. The van der Waals surface area contributed by atoms with Crippen LogP contribution in [-0.4, -0.2) is 4.57 Å². The van der Waals surface area contributed by atoms with Crippen molar-refractivity contribution in [3.63, 3.8) is 0 Å². The molecule has 1 heterocycles. The minimum absolute atomic E-state index is 0.571. The summed E-state index contributed by atoms with van der Waals surface area (Å²) >= 11 is 0. The molecule has 206 valence electrons. The predicted octanol–water partition coefficient (Wildman–Crippen LogP) is 10.9. The van der Waals surface area contributed by atoms with Crippen LogP contribution in [-0.2, 0) is 13.0 Å². The maximum atomic E-state index is 2.57. The number of aromatic nitrogens is 2. The van der Waals surface area contributed by atoms with Gasteiger partial charge < -0.3 is 0 Å². The quantitative estimate of drug-likeness (QED) is 0.0903. The zero-order valence-electron chi connectivity index (χ0n) is 24.8. The van der Waals surface area contributed by atoms with Crippen molar-refractivity contribution in [3.8, 4) is 0 Å². The van der Waals surface area contributed by atoms with Gasteiger partial charge in [0.2, 0.25) is 0 Å². The summed E-state index contributed by atoms with van der Waals surface area (Å²) < 4.78 is 5.10. The number of hydrogen-bond donors (Lipinski definition) is 0. The lowest BCUT2D eigenvalue weighted by Crippen LogP contribution is -2.37. The van der Waals surface area contributed by atoms with Gasteiger partial charge in [-0.3, -0.25) is 0 Å². The normalized spacial score (nSPS) is 11.7. The largest absolute Gasteiger partial charge is 0.256 e. The van der Waals surface area contributed by atoms with E-state index in [1.54, 1.807) is 5.82 Å². The van der Waals surface area contributed by atoms with Crippen LogP contribution in [0.15, 0.2) is 12.4 Å². The lowest BCUT2D eigenvalue weighted by Gasteiger charge is -2.08. The van der Waals surface area contributed by atoms with Gasteiger partial charge in [-0.05, 0) is 33.1 Å². The van der Waals surface area contributed by atoms with Crippen LogP contribution in [0.2, 0.25) is 0 Å². The Morgan fingerprint density at radius 1 is 0.543 bits per heavy atom. The predicted molar refractivity (Wildman–Crippen MR) is 156 cm³/mol. The SMILES string of the molecule is CCCCCCCCCCCCCCCC[n+]1ccn(C(C)C)c1CCCCCCCCCCC. The Morgan fingerprint density at radius 3 is 1.31 bits per heavy atom. The van der Waals surface area contributed by atoms with E-state index < -0.39 is 0 Å². The molecule has 0 radical (unpaired) electrons. The average molecular weight is 490 g/mol. The van der Waals surface area contributed by atoms with Gasteiger partial charge in [0, 0.05) is 6.42 Å². The fourth-order valence-corrected chi connectivity index (χ4v) is 5.49. The number of hydrogen-bond acceptors (Lipinski definition) is 0. The zero-order valence-corrected chi connectivity index (χ0v) is 24.8. The summed E-state index contributed by atoms with van der Waals surface area (Å²) in [6.07, 6.45) is 38.8. The van der Waals surface area contributed by atoms with Crippen LogP contribution in [0.4, 0.5) is 0 Å². The third-order valence-electron chi connectivity index (χ3n) is 7.85. The first-order valence-corrected chi connectivity index (χ1v) is 16.3. The molecule has 0 saturated heterocycles. The standard InChI is InChI=1S/C33H65N2/c1-5-7-9-11-13-15-16-17-18-19-21-23-25-27-29-34-30-31-35(32(3)4)33(34)28-26-24-22-20-14-12-10-8-6-2/h30-32H,5-29H2,1-4H3/q+1. The van der Waals surface area contributed by atoms with Gasteiger partial charge in [0.05, 0.1) is 12.6 Å². The molecule has 0 N–H and O–H groups in total. The fraction of sp³-hybridized carbons (Fsp3) is 0.909. The minimum atomic E-state index is 0.571. The molecule has 1 rings (SSSR count). The maximum absolute atomic E-state index is 2.57. The van der Waals surface area contributed by atoms with E-state index >= 15 is 0 Å². The molecule has 1 aromatic rings. The van der Waals surface area contributed by atoms with Crippen LogP contribution in [0.3, 0.4) is 0 Å². The third-order valence-corrected chi connectivity index (χ3v) is 7.85. The summed E-state index contributed by atoms with van der Waals surface area (Å²) in [5, 5.41) is 0. The molecular weight excluding hydrogens is 424 g/mol. The molecule has 0 aliphatic heterocycles. The highest BCUT2D eigenvalue weighted by Gasteiger charge is 2.18. The van der Waals surface area contributed by atoms with Gasteiger partial charge >= 0.3 is 0 Å². The van der Waals surface area contributed by atoms with E-state index in [-0.39, 0.29) is 0 Å². The van der Waals surface area contributed by atoms with Crippen LogP contribution in [0.5, 0.6) is 0 Å². The second-order valence-corrected chi connectivity index (χ2v) is 11.6. The van der Waals surface area contributed by atoms with Gasteiger partial charge in [-0.1, -0.05) is 142 Å². The molecule has 0 unspecified atom stereocenters. The Morgan fingerprint density at radius 2 is 0.914 bits per heavy atom. The van der Waals surface area contributed by atoms with E-state index in [2.05, 4.69) is 49.2 Å². The second-order valence-electron chi connectivity index (χ2n) is 11.6. The molecule has 0 saturated carbocycles. The molecule has 0 aliphatic carbocycles.